The number of hydrogen-bond donors (Lipinski definition) is 1. The Balaban J connectivity index is 1.80. The van der Waals surface area contributed by atoms with E-state index in [1.54, 1.807) is 27.1 Å². The Morgan fingerprint density at radius 1 is 1.20 bits per heavy atom. The fourth-order valence-electron chi connectivity index (χ4n) is 3.25. The van der Waals surface area contributed by atoms with Gasteiger partial charge >= 0.3 is 5.97 Å². The van der Waals surface area contributed by atoms with E-state index >= 15 is 0 Å². The average molecular weight is 514 g/mol. The van der Waals surface area contributed by atoms with Crippen LogP contribution in [0.1, 0.15) is 31.2 Å². The van der Waals surface area contributed by atoms with Crippen molar-refractivity contribution in [2.45, 2.75) is 25.5 Å². The topological polar surface area (TPSA) is 106 Å². The van der Waals surface area contributed by atoms with Crippen molar-refractivity contribution in [2.24, 2.45) is 0 Å². The first-order valence-electron chi connectivity index (χ1n) is 10.6. The number of methoxy groups -OCH3 is 1. The number of allylic oxidation sites excluding steroid dienone is 1. The molecule has 0 fully saturated rings. The number of amides is 2. The van der Waals surface area contributed by atoms with Crippen molar-refractivity contribution < 1.29 is 19.1 Å². The van der Waals surface area contributed by atoms with Gasteiger partial charge in [-0.05, 0) is 19.4 Å². The number of ether oxygens (including phenoxy) is 1. The molecular weight excluding hydrogens is 486 g/mol. The largest absolute Gasteiger partial charge is 0.465 e. The highest BCUT2D eigenvalue weighted by molar-refractivity contribution is 7.99. The standard InChI is InChI=1S/C24H27N5O4S2/c1-7-12-29-20(16-10-8-14(2)9-11-16)26-27-24(29)34-13-17(30)25-21-18(23(32)33-6)15(3)19(35-21)22(31)28(4)5/h7-11H,1,12-13H2,2-6H3,(H,25,30). The fraction of sp³-hybridized carbons (Fsp3) is 0.292. The second-order valence-corrected chi connectivity index (χ2v) is 9.82. The van der Waals surface area contributed by atoms with Gasteiger partial charge in [0.15, 0.2) is 11.0 Å². The van der Waals surface area contributed by atoms with Gasteiger partial charge in [-0.3, -0.25) is 14.2 Å². The summed E-state index contributed by atoms with van der Waals surface area (Å²) in [5.74, 6) is -0.518. The lowest BCUT2D eigenvalue weighted by molar-refractivity contribution is -0.113. The molecule has 0 aliphatic carbocycles. The number of thioether (sulfide) groups is 1. The summed E-state index contributed by atoms with van der Waals surface area (Å²) in [5, 5.41) is 12.2. The number of anilines is 1. The maximum absolute atomic E-state index is 12.8. The quantitative estimate of drug-likeness (QED) is 0.262. The number of esters is 1. The van der Waals surface area contributed by atoms with Crippen molar-refractivity contribution in [3.05, 3.63) is 58.5 Å². The van der Waals surface area contributed by atoms with Crippen LogP contribution in [0.4, 0.5) is 5.00 Å². The Morgan fingerprint density at radius 2 is 1.89 bits per heavy atom. The third-order valence-electron chi connectivity index (χ3n) is 5.06. The Labute approximate surface area is 212 Å². The number of nitrogens with zero attached hydrogens (tertiary/aromatic N) is 4. The van der Waals surface area contributed by atoms with Crippen LogP contribution in [0, 0.1) is 13.8 Å². The van der Waals surface area contributed by atoms with Crippen LogP contribution < -0.4 is 5.32 Å². The molecule has 0 saturated heterocycles. The van der Waals surface area contributed by atoms with Crippen LogP contribution in [0.15, 0.2) is 42.1 Å². The molecule has 2 heterocycles. The molecule has 0 aliphatic rings. The maximum Gasteiger partial charge on any atom is 0.341 e. The highest BCUT2D eigenvalue weighted by Gasteiger charge is 2.27. The molecule has 0 spiro atoms. The molecule has 0 radical (unpaired) electrons. The van der Waals surface area contributed by atoms with Crippen molar-refractivity contribution in [1.82, 2.24) is 19.7 Å². The number of benzene rings is 1. The number of aryl methyl sites for hydroxylation is 1. The van der Waals surface area contributed by atoms with Gasteiger partial charge in [0.1, 0.15) is 5.00 Å². The van der Waals surface area contributed by atoms with E-state index in [0.29, 0.717) is 28.0 Å². The van der Waals surface area contributed by atoms with E-state index in [0.717, 1.165) is 22.5 Å². The van der Waals surface area contributed by atoms with Crippen molar-refractivity contribution in [3.63, 3.8) is 0 Å². The van der Waals surface area contributed by atoms with Crippen LogP contribution in [-0.2, 0) is 16.1 Å². The Bertz CT molecular complexity index is 1260. The molecule has 9 nitrogen and oxygen atoms in total. The van der Waals surface area contributed by atoms with Crippen LogP contribution in [0.2, 0.25) is 0 Å². The number of rotatable bonds is 9. The van der Waals surface area contributed by atoms with E-state index in [2.05, 4.69) is 22.1 Å². The molecule has 0 saturated carbocycles. The monoisotopic (exact) mass is 513 g/mol. The minimum absolute atomic E-state index is 0.0255. The zero-order valence-electron chi connectivity index (χ0n) is 20.2. The maximum atomic E-state index is 12.8. The summed E-state index contributed by atoms with van der Waals surface area (Å²) >= 11 is 2.27. The van der Waals surface area contributed by atoms with Crippen LogP contribution in [-0.4, -0.2) is 64.4 Å². The molecule has 0 bridgehead atoms. The lowest BCUT2D eigenvalue weighted by atomic mass is 10.1. The normalized spacial score (nSPS) is 10.7. The third-order valence-corrected chi connectivity index (χ3v) is 7.22. The lowest BCUT2D eigenvalue weighted by Gasteiger charge is -2.09. The van der Waals surface area contributed by atoms with E-state index in [4.69, 9.17) is 4.74 Å². The summed E-state index contributed by atoms with van der Waals surface area (Å²) in [5.41, 5.74) is 2.70. The van der Waals surface area contributed by atoms with E-state index in [1.807, 2.05) is 35.8 Å². The van der Waals surface area contributed by atoms with Gasteiger partial charge in [0, 0.05) is 26.2 Å². The lowest BCUT2D eigenvalue weighted by Crippen LogP contribution is -2.21. The summed E-state index contributed by atoms with van der Waals surface area (Å²) in [7, 11) is 4.50. The summed E-state index contributed by atoms with van der Waals surface area (Å²) in [6.45, 7) is 7.96. The predicted octanol–water partition coefficient (Wildman–Crippen LogP) is 4.03. The number of aromatic nitrogens is 3. The second-order valence-electron chi connectivity index (χ2n) is 7.86. The summed E-state index contributed by atoms with van der Waals surface area (Å²) in [6, 6.07) is 7.94. The number of carbonyl (C=O) groups excluding carboxylic acids is 3. The van der Waals surface area contributed by atoms with E-state index in [1.165, 1.54) is 23.8 Å². The first-order valence-corrected chi connectivity index (χ1v) is 12.4. The molecule has 184 valence electrons. The molecule has 35 heavy (non-hydrogen) atoms. The fourth-order valence-corrected chi connectivity index (χ4v) is 5.23. The Morgan fingerprint density at radius 3 is 2.49 bits per heavy atom. The molecule has 3 aromatic rings. The molecule has 2 amide bonds. The van der Waals surface area contributed by atoms with E-state index in [-0.39, 0.29) is 28.1 Å². The van der Waals surface area contributed by atoms with Crippen molar-refractivity contribution in [1.29, 1.82) is 0 Å². The molecule has 0 aliphatic heterocycles. The predicted molar refractivity (Wildman–Crippen MR) is 138 cm³/mol. The SMILES string of the molecule is C=CCn1c(SCC(=O)Nc2sc(C(=O)N(C)C)c(C)c2C(=O)OC)nnc1-c1ccc(C)cc1. The van der Waals surface area contributed by atoms with E-state index < -0.39 is 5.97 Å². The zero-order chi connectivity index (χ0) is 25.7. The Hall–Kier alpha value is -3.44. The van der Waals surface area contributed by atoms with Gasteiger partial charge < -0.3 is 15.0 Å². The first kappa shape index (κ1) is 26.2. The van der Waals surface area contributed by atoms with Gasteiger partial charge in [0.2, 0.25) is 5.91 Å². The molecule has 1 aromatic carbocycles. The van der Waals surface area contributed by atoms with Gasteiger partial charge in [-0.2, -0.15) is 0 Å². The van der Waals surface area contributed by atoms with E-state index in [9.17, 15) is 14.4 Å². The molecule has 1 N–H and O–H groups in total. The Kier molecular flexibility index (Phi) is 8.47. The average Bonchev–Trinajstić information content (AvgIpc) is 3.37. The summed E-state index contributed by atoms with van der Waals surface area (Å²) < 4.78 is 6.76. The van der Waals surface area contributed by atoms with Crippen LogP contribution in [0.3, 0.4) is 0 Å². The minimum Gasteiger partial charge on any atom is -0.465 e. The number of hydrogen-bond acceptors (Lipinski definition) is 8. The van der Waals surface area contributed by atoms with Gasteiger partial charge in [-0.25, -0.2) is 4.79 Å². The zero-order valence-corrected chi connectivity index (χ0v) is 21.9. The molecule has 3 rings (SSSR count). The molecule has 2 aromatic heterocycles. The minimum atomic E-state index is -0.618. The van der Waals surface area contributed by atoms with Crippen molar-refractivity contribution in [2.75, 3.05) is 32.3 Å². The third kappa shape index (κ3) is 5.80. The number of thiophene rings is 1. The number of nitrogens with one attached hydrogen (secondary N) is 1. The second kappa shape index (κ2) is 11.3. The number of carbonyl (C=O) groups is 3. The van der Waals surface area contributed by atoms with Gasteiger partial charge in [0.25, 0.3) is 5.91 Å². The van der Waals surface area contributed by atoms with Gasteiger partial charge in [-0.15, -0.1) is 28.1 Å². The smallest absolute Gasteiger partial charge is 0.341 e. The molecule has 0 unspecified atom stereocenters. The van der Waals surface area contributed by atoms with Gasteiger partial charge in [-0.1, -0.05) is 47.7 Å². The summed E-state index contributed by atoms with van der Waals surface area (Å²) in [4.78, 5) is 39.5. The first-order chi connectivity index (χ1) is 16.7. The summed E-state index contributed by atoms with van der Waals surface area (Å²) in [6.07, 6.45) is 1.74. The van der Waals surface area contributed by atoms with Crippen LogP contribution in [0.5, 0.6) is 0 Å². The molecule has 11 heteroatoms. The highest BCUT2D eigenvalue weighted by Crippen LogP contribution is 2.34. The van der Waals surface area contributed by atoms with Gasteiger partial charge in [0.05, 0.1) is 23.3 Å². The highest BCUT2D eigenvalue weighted by atomic mass is 32.2. The van der Waals surface area contributed by atoms with Crippen LogP contribution >= 0.6 is 23.1 Å². The van der Waals surface area contributed by atoms with Crippen LogP contribution in [0.25, 0.3) is 11.4 Å². The molecule has 0 atom stereocenters. The van der Waals surface area contributed by atoms with Crippen molar-refractivity contribution >= 4 is 45.9 Å². The molecular formula is C24H27N5O4S2. The van der Waals surface area contributed by atoms with Crippen molar-refractivity contribution in [3.8, 4) is 11.4 Å².